The first kappa shape index (κ1) is 14.2. The highest BCUT2D eigenvalue weighted by Crippen LogP contribution is 2.14. The fourth-order valence-electron chi connectivity index (χ4n) is 1.56. The molecule has 0 amide bonds. The number of nitrogens with zero attached hydrogens (tertiary/aromatic N) is 1. The number of hydrogen-bond donors (Lipinski definition) is 1. The van der Waals surface area contributed by atoms with Gasteiger partial charge in [0.25, 0.3) is 0 Å². The van der Waals surface area contributed by atoms with Gasteiger partial charge in [-0.3, -0.25) is 5.32 Å². The molecule has 0 saturated carbocycles. The van der Waals surface area contributed by atoms with Crippen LogP contribution in [0.4, 0.5) is 0 Å². The molecule has 0 aliphatic rings. The first-order chi connectivity index (χ1) is 7.18. The van der Waals surface area contributed by atoms with Crippen LogP contribution < -0.4 is 5.32 Å². The molecule has 0 heterocycles. The van der Waals surface area contributed by atoms with Gasteiger partial charge in [0.05, 0.1) is 6.07 Å². The van der Waals surface area contributed by atoms with Crippen molar-refractivity contribution < 1.29 is 0 Å². The van der Waals surface area contributed by atoms with Crippen molar-refractivity contribution in [3.63, 3.8) is 0 Å². The fraction of sp³-hybridized carbons (Fsp3) is 0.769. The Kier molecular flexibility index (Phi) is 8.04. The summed E-state index contributed by atoms with van der Waals surface area (Å²) >= 11 is 0. The van der Waals surface area contributed by atoms with Crippen LogP contribution in [0, 0.1) is 11.3 Å². The lowest BCUT2D eigenvalue weighted by molar-refractivity contribution is 0.414. The van der Waals surface area contributed by atoms with E-state index in [-0.39, 0.29) is 5.54 Å². The van der Waals surface area contributed by atoms with Crippen molar-refractivity contribution in [1.29, 1.82) is 5.26 Å². The van der Waals surface area contributed by atoms with Crippen LogP contribution in [0.25, 0.3) is 0 Å². The Hall–Kier alpha value is -0.810. The molecular formula is C13H24N2. The van der Waals surface area contributed by atoms with Gasteiger partial charge in [-0.05, 0) is 13.3 Å². The van der Waals surface area contributed by atoms with Crippen molar-refractivity contribution >= 4 is 0 Å². The van der Waals surface area contributed by atoms with Crippen LogP contribution in [0.1, 0.15) is 52.4 Å². The first-order valence-electron chi connectivity index (χ1n) is 5.95. The van der Waals surface area contributed by atoms with Gasteiger partial charge in [0.15, 0.2) is 0 Å². The van der Waals surface area contributed by atoms with E-state index in [9.17, 15) is 0 Å². The van der Waals surface area contributed by atoms with Gasteiger partial charge in [-0.25, -0.2) is 0 Å². The van der Waals surface area contributed by atoms with E-state index in [4.69, 9.17) is 5.26 Å². The van der Waals surface area contributed by atoms with Gasteiger partial charge < -0.3 is 0 Å². The number of nitrogens with one attached hydrogen (secondary N) is 1. The van der Waals surface area contributed by atoms with Gasteiger partial charge >= 0.3 is 0 Å². The zero-order chi connectivity index (χ0) is 11.6. The van der Waals surface area contributed by atoms with E-state index in [2.05, 4.69) is 24.9 Å². The molecule has 15 heavy (non-hydrogen) atoms. The van der Waals surface area contributed by atoms with Gasteiger partial charge in [0, 0.05) is 6.54 Å². The molecule has 2 nitrogen and oxygen atoms in total. The molecule has 0 aliphatic carbocycles. The van der Waals surface area contributed by atoms with E-state index in [1.165, 1.54) is 25.7 Å². The van der Waals surface area contributed by atoms with Crippen LogP contribution in [-0.2, 0) is 0 Å². The standard InChI is InChI=1S/C13H24N2/c1-4-6-7-8-9-10-13(3,12-14)15-11-5-2/h5,15H,2,4,6-11H2,1,3H3. The minimum atomic E-state index is -0.375. The quantitative estimate of drug-likeness (QED) is 0.465. The smallest absolute Gasteiger partial charge is 0.104 e. The van der Waals surface area contributed by atoms with Gasteiger partial charge in [-0.2, -0.15) is 5.26 Å². The second-order valence-corrected chi connectivity index (χ2v) is 4.28. The molecule has 1 unspecified atom stereocenters. The summed E-state index contributed by atoms with van der Waals surface area (Å²) in [6.45, 7) is 8.54. The lowest BCUT2D eigenvalue weighted by Crippen LogP contribution is -2.40. The van der Waals surface area contributed by atoms with Gasteiger partial charge in [-0.1, -0.05) is 45.1 Å². The van der Waals surface area contributed by atoms with E-state index in [1.807, 2.05) is 6.92 Å². The predicted molar refractivity (Wildman–Crippen MR) is 65.6 cm³/mol. The Bertz CT molecular complexity index is 205. The van der Waals surface area contributed by atoms with Crippen LogP contribution in [0.15, 0.2) is 12.7 Å². The third-order valence-corrected chi connectivity index (χ3v) is 2.66. The Balaban J connectivity index is 3.69. The largest absolute Gasteiger partial charge is 0.296 e. The highest BCUT2D eigenvalue weighted by molar-refractivity contribution is 5.04. The predicted octanol–water partition coefficient (Wildman–Crippen LogP) is 3.40. The molecule has 0 rings (SSSR count). The number of nitriles is 1. The summed E-state index contributed by atoms with van der Waals surface area (Å²) in [4.78, 5) is 0. The molecule has 0 aromatic heterocycles. The molecule has 2 heteroatoms. The maximum Gasteiger partial charge on any atom is 0.104 e. The normalized spacial score (nSPS) is 14.2. The molecule has 0 bridgehead atoms. The second-order valence-electron chi connectivity index (χ2n) is 4.28. The van der Waals surface area contributed by atoms with Crippen LogP contribution in [0.3, 0.4) is 0 Å². The molecule has 1 N–H and O–H groups in total. The summed E-state index contributed by atoms with van der Waals surface area (Å²) in [7, 11) is 0. The molecule has 0 saturated heterocycles. The maximum atomic E-state index is 9.07. The topological polar surface area (TPSA) is 35.8 Å². The van der Waals surface area contributed by atoms with Crippen molar-refractivity contribution in [2.24, 2.45) is 0 Å². The summed E-state index contributed by atoms with van der Waals surface area (Å²) in [6.07, 6.45) is 8.97. The summed E-state index contributed by atoms with van der Waals surface area (Å²) < 4.78 is 0. The van der Waals surface area contributed by atoms with E-state index in [0.717, 1.165) is 12.8 Å². The minimum absolute atomic E-state index is 0.375. The highest BCUT2D eigenvalue weighted by Gasteiger charge is 2.21. The van der Waals surface area contributed by atoms with Crippen molar-refractivity contribution in [3.8, 4) is 6.07 Å². The monoisotopic (exact) mass is 208 g/mol. The average molecular weight is 208 g/mol. The molecular weight excluding hydrogens is 184 g/mol. The Morgan fingerprint density at radius 3 is 2.53 bits per heavy atom. The molecule has 86 valence electrons. The molecule has 0 aliphatic heterocycles. The second kappa shape index (κ2) is 8.49. The van der Waals surface area contributed by atoms with Crippen LogP contribution in [0.2, 0.25) is 0 Å². The van der Waals surface area contributed by atoms with Crippen LogP contribution in [-0.4, -0.2) is 12.1 Å². The number of rotatable bonds is 9. The molecule has 0 aromatic carbocycles. The van der Waals surface area contributed by atoms with Gasteiger partial charge in [-0.15, -0.1) is 6.58 Å². The summed E-state index contributed by atoms with van der Waals surface area (Å²) in [5.41, 5.74) is -0.375. The zero-order valence-corrected chi connectivity index (χ0v) is 10.2. The average Bonchev–Trinajstić information content (AvgIpc) is 2.26. The number of unbranched alkanes of at least 4 members (excludes halogenated alkanes) is 4. The highest BCUT2D eigenvalue weighted by atomic mass is 14.9. The van der Waals surface area contributed by atoms with Crippen molar-refractivity contribution in [2.45, 2.75) is 57.9 Å². The van der Waals surface area contributed by atoms with Gasteiger partial charge in [0.2, 0.25) is 0 Å². The van der Waals surface area contributed by atoms with Crippen LogP contribution >= 0.6 is 0 Å². The third kappa shape index (κ3) is 7.16. The number of hydrogen-bond acceptors (Lipinski definition) is 2. The SMILES string of the molecule is C=CCNC(C)(C#N)CCCCCCC. The molecule has 0 aromatic rings. The van der Waals surface area contributed by atoms with E-state index in [1.54, 1.807) is 6.08 Å². The molecule has 0 radical (unpaired) electrons. The lowest BCUT2D eigenvalue weighted by atomic mass is 9.95. The van der Waals surface area contributed by atoms with E-state index in [0.29, 0.717) is 6.54 Å². The maximum absolute atomic E-state index is 9.07. The molecule has 0 fully saturated rings. The van der Waals surface area contributed by atoms with Gasteiger partial charge in [0.1, 0.15) is 5.54 Å². The zero-order valence-electron chi connectivity index (χ0n) is 10.2. The van der Waals surface area contributed by atoms with E-state index >= 15 is 0 Å². The Morgan fingerprint density at radius 2 is 2.00 bits per heavy atom. The van der Waals surface area contributed by atoms with Crippen LogP contribution in [0.5, 0.6) is 0 Å². The summed E-state index contributed by atoms with van der Waals surface area (Å²) in [5, 5.41) is 12.3. The van der Waals surface area contributed by atoms with Crippen molar-refractivity contribution in [2.75, 3.05) is 6.54 Å². The first-order valence-corrected chi connectivity index (χ1v) is 5.95. The summed E-state index contributed by atoms with van der Waals surface area (Å²) in [5.74, 6) is 0. The minimum Gasteiger partial charge on any atom is -0.296 e. The van der Waals surface area contributed by atoms with Crippen molar-refractivity contribution in [3.05, 3.63) is 12.7 Å². The van der Waals surface area contributed by atoms with E-state index < -0.39 is 0 Å². The Morgan fingerprint density at radius 1 is 1.33 bits per heavy atom. The molecule has 1 atom stereocenters. The fourth-order valence-corrected chi connectivity index (χ4v) is 1.56. The molecule has 0 spiro atoms. The third-order valence-electron chi connectivity index (χ3n) is 2.66. The van der Waals surface area contributed by atoms with Crippen molar-refractivity contribution in [1.82, 2.24) is 5.32 Å². The Labute approximate surface area is 94.4 Å². The lowest BCUT2D eigenvalue weighted by Gasteiger charge is -2.22. The summed E-state index contributed by atoms with van der Waals surface area (Å²) in [6, 6.07) is 2.35.